The molecule has 0 fully saturated rings. The monoisotopic (exact) mass is 510 g/mol. The lowest BCUT2D eigenvalue weighted by atomic mass is 9.47. The van der Waals surface area contributed by atoms with Crippen LogP contribution < -0.4 is 5.90 Å². The highest BCUT2D eigenvalue weighted by molar-refractivity contribution is 6.16. The van der Waals surface area contributed by atoms with Crippen LogP contribution in [0.4, 0.5) is 4.79 Å². The Kier molecular flexibility index (Phi) is 5.47. The second-order valence-electron chi connectivity index (χ2n) is 13.8. The number of hydrogen-bond acceptors (Lipinski definition) is 7. The lowest BCUT2D eigenvalue weighted by molar-refractivity contribution is -0.361. The molecule has 8 nitrogen and oxygen atoms in total. The van der Waals surface area contributed by atoms with Gasteiger partial charge in [-0.15, -0.1) is 4.99 Å². The molecule has 1 aromatic carbocycles. The molecule has 1 aromatic rings. The van der Waals surface area contributed by atoms with Gasteiger partial charge in [0.15, 0.2) is 12.0 Å². The quantitative estimate of drug-likeness (QED) is 0.421. The number of carbonyl (C=O) groups is 2. The number of hydrogen-bond donors (Lipinski definition) is 2. The Balaban J connectivity index is 1.91. The first-order valence-corrected chi connectivity index (χ1v) is 12.8. The molecule has 37 heavy (non-hydrogen) atoms. The number of carbonyl (C=O) groups excluding carboxylic acids is 2. The fourth-order valence-corrected chi connectivity index (χ4v) is 7.17. The molecule has 6 aliphatic rings. The van der Waals surface area contributed by atoms with Crippen molar-refractivity contribution in [1.29, 1.82) is 0 Å². The maximum Gasteiger partial charge on any atom is 0.413 e. The zero-order valence-corrected chi connectivity index (χ0v) is 23.1. The molecule has 5 aliphatic carbocycles. The van der Waals surface area contributed by atoms with Crippen molar-refractivity contribution in [2.24, 2.45) is 22.6 Å². The standard InChI is InChI=1S/C29H38N2O6/c1-26(2,3)17-13-16-19-22(32)14-11-10-12-15-18(14)20(29(17,34)23(19)27(4,5)6)21(16)31(24(15)36-37-30)25(33)35-28(7,8)9/h10-13,17,20-21,24,34H,30H2,1-9H3. The maximum absolute atomic E-state index is 14.3. The summed E-state index contributed by atoms with van der Waals surface area (Å²) in [5, 5.41) is 13.1. The predicted molar refractivity (Wildman–Crippen MR) is 137 cm³/mol. The van der Waals surface area contributed by atoms with Crippen LogP contribution in [-0.2, 0) is 14.6 Å². The van der Waals surface area contributed by atoms with Gasteiger partial charge in [0.1, 0.15) is 11.2 Å². The summed E-state index contributed by atoms with van der Waals surface area (Å²) in [6.45, 7) is 17.7. The summed E-state index contributed by atoms with van der Waals surface area (Å²) >= 11 is 0. The Morgan fingerprint density at radius 3 is 2.27 bits per heavy atom. The van der Waals surface area contributed by atoms with Gasteiger partial charge in [-0.2, -0.15) is 10.8 Å². The van der Waals surface area contributed by atoms with E-state index < -0.39 is 40.9 Å². The Labute approximate surface area is 218 Å². The van der Waals surface area contributed by atoms with E-state index in [1.165, 1.54) is 4.90 Å². The zero-order valence-electron chi connectivity index (χ0n) is 23.1. The van der Waals surface area contributed by atoms with Crippen molar-refractivity contribution in [3.05, 3.63) is 57.7 Å². The van der Waals surface area contributed by atoms with Gasteiger partial charge in [0.05, 0.1) is 6.04 Å². The summed E-state index contributed by atoms with van der Waals surface area (Å²) in [5.74, 6) is 4.30. The van der Waals surface area contributed by atoms with Gasteiger partial charge < -0.3 is 9.84 Å². The minimum Gasteiger partial charge on any atom is -0.444 e. The van der Waals surface area contributed by atoms with Crippen molar-refractivity contribution in [2.45, 2.75) is 91.7 Å². The highest BCUT2D eigenvalue weighted by atomic mass is 17.3. The molecular formula is C29H38N2O6. The van der Waals surface area contributed by atoms with E-state index in [1.807, 2.05) is 26.8 Å². The van der Waals surface area contributed by atoms with Crippen molar-refractivity contribution < 1.29 is 29.3 Å². The number of ketones is 1. The van der Waals surface area contributed by atoms with E-state index in [-0.39, 0.29) is 17.1 Å². The minimum atomic E-state index is -1.44. The molecule has 0 aromatic heterocycles. The fraction of sp³-hybridized carbons (Fsp3) is 0.586. The van der Waals surface area contributed by atoms with Crippen molar-refractivity contribution in [3.8, 4) is 0 Å². The number of benzene rings is 1. The molecule has 0 spiro atoms. The molecule has 3 N–H and O–H groups in total. The number of fused-ring (bicyclic) bond motifs is 1. The topological polar surface area (TPSA) is 111 Å². The van der Waals surface area contributed by atoms with Crippen molar-refractivity contribution >= 4 is 11.9 Å². The Morgan fingerprint density at radius 1 is 1.08 bits per heavy atom. The average molecular weight is 511 g/mol. The van der Waals surface area contributed by atoms with Crippen molar-refractivity contribution in [3.63, 3.8) is 0 Å². The summed E-state index contributed by atoms with van der Waals surface area (Å²) in [7, 11) is 0. The smallest absolute Gasteiger partial charge is 0.413 e. The van der Waals surface area contributed by atoms with E-state index in [0.29, 0.717) is 27.8 Å². The number of rotatable bonds is 2. The predicted octanol–water partition coefficient (Wildman–Crippen LogP) is 5.10. The number of Topliss-reactive ketones (excluding diaryl/α,β-unsaturated/α-hetero) is 1. The first-order valence-electron chi connectivity index (χ1n) is 12.8. The van der Waals surface area contributed by atoms with Crippen molar-refractivity contribution in [2.75, 3.05) is 0 Å². The molecule has 200 valence electrons. The van der Waals surface area contributed by atoms with E-state index in [1.54, 1.807) is 39.0 Å². The average Bonchev–Trinajstić information content (AvgIpc) is 2.87. The number of amides is 1. The summed E-state index contributed by atoms with van der Waals surface area (Å²) in [6, 6.07) is 4.64. The SMILES string of the molecule is CC(C)(C)OC(=O)N1C(OON)c2cccc3c2C2C1C1=CC(C(C)(C)C)C2(O)C(C(C)(C)C)=C1C3=O. The maximum atomic E-state index is 14.3. The first kappa shape index (κ1) is 26.1. The van der Waals surface area contributed by atoms with Crippen LogP contribution in [0.25, 0.3) is 0 Å². The van der Waals surface area contributed by atoms with Gasteiger partial charge in [-0.1, -0.05) is 65.8 Å². The molecule has 0 saturated carbocycles. The number of ether oxygens (including phenoxy) is 1. The van der Waals surface area contributed by atoms with E-state index >= 15 is 0 Å². The summed E-state index contributed by atoms with van der Waals surface area (Å²) in [5.41, 5.74) is 0.579. The molecule has 1 amide bonds. The van der Waals surface area contributed by atoms with Crippen LogP contribution in [0.1, 0.15) is 95.9 Å². The summed E-state index contributed by atoms with van der Waals surface area (Å²) < 4.78 is 5.83. The van der Waals surface area contributed by atoms with Crippen LogP contribution in [0.2, 0.25) is 0 Å². The van der Waals surface area contributed by atoms with Crippen LogP contribution in [0.3, 0.4) is 0 Å². The van der Waals surface area contributed by atoms with Gasteiger partial charge in [-0.25, -0.2) is 4.79 Å². The zero-order chi connectivity index (χ0) is 27.5. The third-order valence-electron chi connectivity index (χ3n) is 8.04. The fourth-order valence-electron chi connectivity index (χ4n) is 7.17. The van der Waals surface area contributed by atoms with Gasteiger partial charge in [-0.05, 0) is 48.3 Å². The van der Waals surface area contributed by atoms with Crippen LogP contribution in [0, 0.1) is 16.7 Å². The van der Waals surface area contributed by atoms with Crippen LogP contribution in [-0.4, -0.2) is 39.1 Å². The molecule has 0 saturated heterocycles. The molecule has 1 aliphatic heterocycles. The van der Waals surface area contributed by atoms with Crippen LogP contribution in [0.15, 0.2) is 41.0 Å². The highest BCUT2D eigenvalue weighted by Crippen LogP contribution is 2.68. The Bertz CT molecular complexity index is 1260. The lowest BCUT2D eigenvalue weighted by Gasteiger charge is -2.62. The molecule has 7 rings (SSSR count). The van der Waals surface area contributed by atoms with Crippen LogP contribution >= 0.6 is 0 Å². The normalized spacial score (nSPS) is 30.5. The van der Waals surface area contributed by atoms with Gasteiger partial charge in [0, 0.05) is 28.5 Å². The van der Waals surface area contributed by atoms with Crippen LogP contribution in [0.5, 0.6) is 0 Å². The summed E-state index contributed by atoms with van der Waals surface area (Å²) in [4.78, 5) is 39.7. The molecule has 5 atom stereocenters. The summed E-state index contributed by atoms with van der Waals surface area (Å²) in [6.07, 6.45) is 0.285. The number of nitrogens with zero attached hydrogens (tertiary/aromatic N) is 1. The molecule has 0 radical (unpaired) electrons. The molecule has 5 unspecified atom stereocenters. The minimum absolute atomic E-state index is 0.151. The highest BCUT2D eigenvalue weighted by Gasteiger charge is 2.69. The van der Waals surface area contributed by atoms with Gasteiger partial charge >= 0.3 is 6.09 Å². The third kappa shape index (κ3) is 3.49. The number of aliphatic hydroxyl groups is 1. The first-order chi connectivity index (χ1) is 16.9. The van der Waals surface area contributed by atoms with Gasteiger partial charge in [0.25, 0.3) is 0 Å². The second kappa shape index (κ2) is 7.76. The molecule has 8 heteroatoms. The van der Waals surface area contributed by atoms with E-state index in [0.717, 1.165) is 5.57 Å². The van der Waals surface area contributed by atoms with E-state index in [4.69, 9.17) is 15.5 Å². The van der Waals surface area contributed by atoms with Gasteiger partial charge in [0.2, 0.25) is 0 Å². The van der Waals surface area contributed by atoms with E-state index in [2.05, 4.69) is 25.8 Å². The largest absolute Gasteiger partial charge is 0.444 e. The molecule has 1 heterocycles. The van der Waals surface area contributed by atoms with Crippen molar-refractivity contribution in [1.82, 2.24) is 4.90 Å². The third-order valence-corrected chi connectivity index (χ3v) is 8.04. The Morgan fingerprint density at radius 2 is 1.73 bits per heavy atom. The lowest BCUT2D eigenvalue weighted by Crippen LogP contribution is -2.67. The second-order valence-corrected chi connectivity index (χ2v) is 13.8. The molecular weight excluding hydrogens is 472 g/mol. The van der Waals surface area contributed by atoms with E-state index in [9.17, 15) is 14.7 Å². The molecule has 6 bridgehead atoms. The van der Waals surface area contributed by atoms with Gasteiger partial charge in [-0.3, -0.25) is 9.69 Å². The number of nitrogens with two attached hydrogens (primary N) is 1. The Hall–Kier alpha value is -2.52.